The summed E-state index contributed by atoms with van der Waals surface area (Å²) in [7, 11) is 3.64. The number of hydrogen-bond acceptors (Lipinski definition) is 7. The molecule has 0 unspecified atom stereocenters. The van der Waals surface area contributed by atoms with Gasteiger partial charge in [0.15, 0.2) is 23.0 Å². The van der Waals surface area contributed by atoms with Gasteiger partial charge in [-0.15, -0.1) is 0 Å². The molecule has 0 aliphatic carbocycles. The topological polar surface area (TPSA) is 92.3 Å². The number of sulfonamides is 1. The van der Waals surface area contributed by atoms with Gasteiger partial charge in [0, 0.05) is 24.2 Å². The largest absolute Gasteiger partial charge is 0.496 e. The minimum atomic E-state index is -3.79. The van der Waals surface area contributed by atoms with Crippen LogP contribution in [0.15, 0.2) is 35.2 Å². The summed E-state index contributed by atoms with van der Waals surface area (Å²) < 4.78 is 53.9. The third-order valence-electron chi connectivity index (χ3n) is 3.90. The van der Waals surface area contributed by atoms with E-state index in [2.05, 4.69) is 4.72 Å². The summed E-state index contributed by atoms with van der Waals surface area (Å²) in [5, 5.41) is 0. The van der Waals surface area contributed by atoms with Crippen molar-refractivity contribution in [3.63, 3.8) is 0 Å². The van der Waals surface area contributed by atoms with Crippen LogP contribution in [0.1, 0.15) is 5.56 Å². The first-order chi connectivity index (χ1) is 12.9. The number of ether oxygens (including phenoxy) is 5. The summed E-state index contributed by atoms with van der Waals surface area (Å²) in [6.45, 7) is 0.000204. The van der Waals surface area contributed by atoms with Crippen molar-refractivity contribution in [2.45, 2.75) is 11.4 Å². The van der Waals surface area contributed by atoms with Crippen molar-refractivity contribution < 1.29 is 32.1 Å². The maximum absolute atomic E-state index is 12.6. The molecule has 2 aromatic rings. The van der Waals surface area contributed by atoms with Crippen LogP contribution in [0.2, 0.25) is 0 Å². The maximum Gasteiger partial charge on any atom is 0.241 e. The maximum atomic E-state index is 12.6. The Bertz CT molecular complexity index is 897. The molecule has 0 saturated carbocycles. The molecule has 0 atom stereocenters. The highest BCUT2D eigenvalue weighted by Gasteiger charge is 2.19. The summed E-state index contributed by atoms with van der Waals surface area (Å²) in [6, 6.07) is 7.67. The van der Waals surface area contributed by atoms with Crippen LogP contribution in [0.25, 0.3) is 0 Å². The van der Waals surface area contributed by atoms with Crippen LogP contribution in [-0.2, 0) is 16.6 Å². The average molecular weight is 397 g/mol. The van der Waals surface area contributed by atoms with E-state index in [9.17, 15) is 8.42 Å². The minimum absolute atomic E-state index is 0.000204. The lowest BCUT2D eigenvalue weighted by molar-refractivity contribution is 0.347. The Morgan fingerprint density at radius 2 is 1.22 bits per heavy atom. The Morgan fingerprint density at radius 1 is 0.704 bits per heavy atom. The van der Waals surface area contributed by atoms with Gasteiger partial charge in [0.1, 0.15) is 5.75 Å². The highest BCUT2D eigenvalue weighted by molar-refractivity contribution is 7.89. The van der Waals surface area contributed by atoms with E-state index in [4.69, 9.17) is 23.7 Å². The molecule has 0 bridgehead atoms. The van der Waals surface area contributed by atoms with Crippen LogP contribution in [-0.4, -0.2) is 44.0 Å². The smallest absolute Gasteiger partial charge is 0.241 e. The zero-order chi connectivity index (χ0) is 20.0. The molecule has 27 heavy (non-hydrogen) atoms. The molecule has 0 spiro atoms. The molecule has 0 aliphatic rings. The fourth-order valence-corrected chi connectivity index (χ4v) is 3.49. The van der Waals surface area contributed by atoms with E-state index < -0.39 is 10.0 Å². The van der Waals surface area contributed by atoms with Gasteiger partial charge in [0.05, 0.1) is 40.4 Å². The van der Waals surface area contributed by atoms with Crippen molar-refractivity contribution in [3.05, 3.63) is 35.9 Å². The monoisotopic (exact) mass is 397 g/mol. The highest BCUT2D eigenvalue weighted by atomic mass is 32.2. The van der Waals surface area contributed by atoms with Gasteiger partial charge in [0.2, 0.25) is 10.0 Å². The van der Waals surface area contributed by atoms with Crippen LogP contribution in [0.3, 0.4) is 0 Å². The second kappa shape index (κ2) is 8.83. The van der Waals surface area contributed by atoms with Gasteiger partial charge in [-0.05, 0) is 18.2 Å². The fraction of sp³-hybridized carbons (Fsp3) is 0.333. The third-order valence-corrected chi connectivity index (χ3v) is 5.30. The Morgan fingerprint density at radius 3 is 1.78 bits per heavy atom. The van der Waals surface area contributed by atoms with Crippen LogP contribution in [0.5, 0.6) is 28.7 Å². The number of nitrogens with one attached hydrogen (secondary N) is 1. The molecule has 0 heterocycles. The molecule has 8 nitrogen and oxygen atoms in total. The van der Waals surface area contributed by atoms with Gasteiger partial charge in [0.25, 0.3) is 0 Å². The predicted molar refractivity (Wildman–Crippen MR) is 99.7 cm³/mol. The molecule has 2 rings (SSSR count). The summed E-state index contributed by atoms with van der Waals surface area (Å²) in [6.07, 6.45) is 0. The normalized spacial score (nSPS) is 11.0. The van der Waals surface area contributed by atoms with Crippen molar-refractivity contribution in [1.82, 2.24) is 4.72 Å². The molecular weight excluding hydrogens is 374 g/mol. The molecule has 148 valence electrons. The van der Waals surface area contributed by atoms with E-state index in [-0.39, 0.29) is 11.4 Å². The summed E-state index contributed by atoms with van der Waals surface area (Å²) in [5.74, 6) is 2.20. The molecule has 1 N–H and O–H groups in total. The Kier molecular flexibility index (Phi) is 6.75. The number of benzene rings is 2. The number of methoxy groups -OCH3 is 5. The van der Waals surface area contributed by atoms with Gasteiger partial charge in [-0.3, -0.25) is 0 Å². The van der Waals surface area contributed by atoms with Crippen molar-refractivity contribution >= 4 is 10.0 Å². The van der Waals surface area contributed by atoms with E-state index in [1.54, 1.807) is 12.1 Å². The van der Waals surface area contributed by atoms with Gasteiger partial charge >= 0.3 is 0 Å². The predicted octanol–water partition coefficient (Wildman–Crippen LogP) is 2.21. The highest BCUT2D eigenvalue weighted by Crippen LogP contribution is 2.35. The van der Waals surface area contributed by atoms with E-state index in [0.717, 1.165) is 0 Å². The summed E-state index contributed by atoms with van der Waals surface area (Å²) in [4.78, 5) is 0.0552. The van der Waals surface area contributed by atoms with Crippen molar-refractivity contribution in [2.24, 2.45) is 0 Å². The Labute approximate surface area is 159 Å². The molecule has 0 amide bonds. The second-order valence-corrected chi connectivity index (χ2v) is 7.13. The molecule has 0 saturated heterocycles. The zero-order valence-corrected chi connectivity index (χ0v) is 16.7. The lowest BCUT2D eigenvalue weighted by Crippen LogP contribution is -2.23. The van der Waals surface area contributed by atoms with E-state index in [1.165, 1.54) is 53.7 Å². The fourth-order valence-electron chi connectivity index (χ4n) is 2.47. The summed E-state index contributed by atoms with van der Waals surface area (Å²) in [5.41, 5.74) is 0.596. The van der Waals surface area contributed by atoms with Crippen molar-refractivity contribution in [2.75, 3.05) is 35.5 Å². The van der Waals surface area contributed by atoms with E-state index in [0.29, 0.717) is 34.3 Å². The van der Waals surface area contributed by atoms with Gasteiger partial charge in [-0.25, -0.2) is 13.1 Å². The second-order valence-electron chi connectivity index (χ2n) is 5.36. The van der Waals surface area contributed by atoms with E-state index in [1.807, 2.05) is 0 Å². The SMILES string of the molecule is COc1cc(OC)c(OC)cc1CNS(=O)(=O)c1ccc(OC)c(OC)c1. The lowest BCUT2D eigenvalue weighted by Gasteiger charge is -2.15. The Hall–Kier alpha value is -2.65. The first kappa shape index (κ1) is 20.7. The molecule has 0 aromatic heterocycles. The van der Waals surface area contributed by atoms with Crippen LogP contribution in [0.4, 0.5) is 0 Å². The van der Waals surface area contributed by atoms with Crippen molar-refractivity contribution in [1.29, 1.82) is 0 Å². The lowest BCUT2D eigenvalue weighted by atomic mass is 10.1. The summed E-state index contributed by atoms with van der Waals surface area (Å²) >= 11 is 0. The number of hydrogen-bond donors (Lipinski definition) is 1. The molecular formula is C18H23NO7S. The minimum Gasteiger partial charge on any atom is -0.496 e. The van der Waals surface area contributed by atoms with Gasteiger partial charge in [-0.1, -0.05) is 0 Å². The third kappa shape index (κ3) is 4.55. The quantitative estimate of drug-likeness (QED) is 0.693. The van der Waals surface area contributed by atoms with Crippen LogP contribution in [0, 0.1) is 0 Å². The van der Waals surface area contributed by atoms with Gasteiger partial charge < -0.3 is 23.7 Å². The molecule has 0 fully saturated rings. The Balaban J connectivity index is 2.29. The van der Waals surface area contributed by atoms with Crippen LogP contribution < -0.4 is 28.4 Å². The standard InChI is InChI=1S/C18H23NO7S/c1-22-14-7-6-13(9-17(14)25-4)27(20,21)19-11-12-8-16(24-3)18(26-5)10-15(12)23-2/h6-10,19H,11H2,1-5H3. The van der Waals surface area contributed by atoms with Crippen molar-refractivity contribution in [3.8, 4) is 28.7 Å². The molecule has 0 aliphatic heterocycles. The van der Waals surface area contributed by atoms with Crippen LogP contribution >= 0.6 is 0 Å². The van der Waals surface area contributed by atoms with E-state index >= 15 is 0 Å². The molecule has 9 heteroatoms. The first-order valence-corrected chi connectivity index (χ1v) is 9.39. The zero-order valence-electron chi connectivity index (χ0n) is 15.9. The molecule has 0 radical (unpaired) electrons. The van der Waals surface area contributed by atoms with Gasteiger partial charge in [-0.2, -0.15) is 0 Å². The first-order valence-electron chi connectivity index (χ1n) is 7.90. The molecule has 2 aromatic carbocycles. The average Bonchev–Trinajstić information content (AvgIpc) is 2.70. The number of rotatable bonds is 9.